The van der Waals surface area contributed by atoms with E-state index >= 15 is 0 Å². The number of rotatable bonds is 1. The minimum Gasteiger partial charge on any atom is -0.166 e. The van der Waals surface area contributed by atoms with E-state index in [0.717, 1.165) is 0 Å². The van der Waals surface area contributed by atoms with Gasteiger partial charge in [-0.3, -0.25) is 0 Å². The number of thioether (sulfide) groups is 1. The highest BCUT2D eigenvalue weighted by molar-refractivity contribution is 14.1. The zero-order valence-electron chi connectivity index (χ0n) is 8.84. The summed E-state index contributed by atoms with van der Waals surface area (Å²) < 4.78 is 112. The van der Waals surface area contributed by atoms with Crippen LogP contribution in [0.3, 0.4) is 0 Å². The predicted molar refractivity (Wildman–Crippen MR) is 61.1 cm³/mol. The second-order valence-electron chi connectivity index (χ2n) is 3.37. The van der Waals surface area contributed by atoms with Crippen molar-refractivity contribution in [3.05, 3.63) is 26.8 Å². The molecule has 0 heterocycles. The average Bonchev–Trinajstić information content (AvgIpc) is 2.09. The van der Waals surface area contributed by atoms with Gasteiger partial charge in [0.2, 0.25) is 0 Å². The maximum absolute atomic E-state index is 12.7. The lowest BCUT2D eigenvalue weighted by atomic mass is 10.1. The lowest BCUT2D eigenvalue weighted by Gasteiger charge is -2.20. The van der Waals surface area contributed by atoms with Gasteiger partial charge in [0.05, 0.1) is 11.1 Å². The Kier molecular flexibility index (Phi) is 4.84. The molecule has 114 valence electrons. The summed E-state index contributed by atoms with van der Waals surface area (Å²) in [6.45, 7) is 0. The van der Waals surface area contributed by atoms with Crippen molar-refractivity contribution >= 4 is 34.4 Å². The Morgan fingerprint density at radius 3 is 1.65 bits per heavy atom. The predicted octanol–water partition coefficient (Wildman–Crippen LogP) is 5.94. The molecule has 0 unspecified atom stereocenters. The van der Waals surface area contributed by atoms with Gasteiger partial charge in [0.1, 0.15) is 0 Å². The van der Waals surface area contributed by atoms with Crippen LogP contribution in [0.4, 0.5) is 39.5 Å². The molecule has 0 bridgehead atoms. The zero-order chi connectivity index (χ0) is 15.9. The van der Waals surface area contributed by atoms with E-state index in [4.69, 9.17) is 0 Å². The lowest BCUT2D eigenvalue weighted by Crippen LogP contribution is -2.19. The topological polar surface area (TPSA) is 0 Å². The molecule has 20 heavy (non-hydrogen) atoms. The minimum atomic E-state index is -5.55. The third-order valence-corrected chi connectivity index (χ3v) is 3.28. The van der Waals surface area contributed by atoms with E-state index in [2.05, 4.69) is 0 Å². The first-order valence-electron chi connectivity index (χ1n) is 4.45. The van der Waals surface area contributed by atoms with E-state index in [1.165, 1.54) is 22.6 Å². The van der Waals surface area contributed by atoms with Crippen molar-refractivity contribution in [2.45, 2.75) is 22.8 Å². The average molecular weight is 440 g/mol. The summed E-state index contributed by atoms with van der Waals surface area (Å²) in [5.74, 6) is 0. The zero-order valence-corrected chi connectivity index (χ0v) is 11.8. The fraction of sp³-hybridized carbons (Fsp3) is 0.333. The van der Waals surface area contributed by atoms with Crippen LogP contribution in [-0.2, 0) is 12.4 Å². The summed E-state index contributed by atoms with van der Waals surface area (Å²) in [5, 5.41) is 0. The molecule has 0 nitrogen and oxygen atoms in total. The molecule has 0 aliphatic carbocycles. The van der Waals surface area contributed by atoms with Gasteiger partial charge in [0.25, 0.3) is 0 Å². The van der Waals surface area contributed by atoms with Crippen LogP contribution >= 0.6 is 34.4 Å². The van der Waals surface area contributed by atoms with Gasteiger partial charge in [0, 0.05) is 8.47 Å². The van der Waals surface area contributed by atoms with E-state index in [1.807, 2.05) is 0 Å². The summed E-state index contributed by atoms with van der Waals surface area (Å²) in [4.78, 5) is -1.52. The number of hydrogen-bond donors (Lipinski definition) is 0. The third-order valence-electron chi connectivity index (χ3n) is 1.88. The van der Waals surface area contributed by atoms with E-state index in [-0.39, 0.29) is 9.64 Å². The third kappa shape index (κ3) is 4.60. The maximum Gasteiger partial charge on any atom is 0.446 e. The molecule has 0 aliphatic rings. The molecule has 0 atom stereocenters. The summed E-state index contributed by atoms with van der Waals surface area (Å²) in [6.07, 6.45) is -11.0. The molecule has 0 fully saturated rings. The summed E-state index contributed by atoms with van der Waals surface area (Å²) in [6, 6.07) is 0.570. The highest BCUT2D eigenvalue weighted by Gasteiger charge is 2.47. The molecule has 0 aliphatic heterocycles. The second-order valence-corrected chi connectivity index (χ2v) is 5.72. The van der Waals surface area contributed by atoms with Crippen molar-refractivity contribution in [2.24, 2.45) is 0 Å². The van der Waals surface area contributed by atoms with Crippen molar-refractivity contribution in [3.63, 3.8) is 0 Å². The van der Waals surface area contributed by atoms with Gasteiger partial charge in [-0.05, 0) is 46.5 Å². The van der Waals surface area contributed by atoms with E-state index in [9.17, 15) is 39.5 Å². The molecular weight excluding hydrogens is 438 g/mol. The SMILES string of the molecule is FC(F)(F)Sc1cc(I)cc(C(F)(F)F)c1C(F)(F)F. The Labute approximate surface area is 123 Å². The van der Waals surface area contributed by atoms with Crippen LogP contribution in [0.25, 0.3) is 0 Å². The van der Waals surface area contributed by atoms with Crippen LogP contribution in [0.1, 0.15) is 11.1 Å². The Morgan fingerprint density at radius 1 is 0.800 bits per heavy atom. The molecule has 0 amide bonds. The number of hydrogen-bond acceptors (Lipinski definition) is 1. The van der Waals surface area contributed by atoms with Crippen LogP contribution in [0.5, 0.6) is 0 Å². The first kappa shape index (κ1) is 17.7. The molecule has 11 heteroatoms. The summed E-state index contributed by atoms with van der Waals surface area (Å²) >= 11 is -0.00672. The smallest absolute Gasteiger partial charge is 0.166 e. The summed E-state index contributed by atoms with van der Waals surface area (Å²) in [5.41, 5.74) is -9.59. The van der Waals surface area contributed by atoms with E-state index < -0.39 is 45.6 Å². The van der Waals surface area contributed by atoms with E-state index in [1.54, 1.807) is 0 Å². The first-order valence-corrected chi connectivity index (χ1v) is 6.35. The Balaban J connectivity index is 3.62. The Bertz CT molecular complexity index is 500. The van der Waals surface area contributed by atoms with E-state index in [0.29, 0.717) is 6.07 Å². The van der Waals surface area contributed by atoms with Gasteiger partial charge in [-0.2, -0.15) is 39.5 Å². The van der Waals surface area contributed by atoms with Crippen LogP contribution < -0.4 is 0 Å². The summed E-state index contributed by atoms with van der Waals surface area (Å²) in [7, 11) is 0. The van der Waals surface area contributed by atoms with Crippen LogP contribution in [0.2, 0.25) is 0 Å². The van der Waals surface area contributed by atoms with Gasteiger partial charge >= 0.3 is 17.9 Å². The van der Waals surface area contributed by atoms with Crippen LogP contribution in [0, 0.1) is 3.57 Å². The number of benzene rings is 1. The van der Waals surface area contributed by atoms with Crippen molar-refractivity contribution in [1.82, 2.24) is 0 Å². The molecule has 0 radical (unpaired) electrons. The number of alkyl halides is 9. The van der Waals surface area contributed by atoms with Crippen LogP contribution in [0.15, 0.2) is 17.0 Å². The first-order chi connectivity index (χ1) is 8.72. The minimum absolute atomic E-state index is 0.157. The van der Waals surface area contributed by atoms with Gasteiger partial charge in [0.15, 0.2) is 0 Å². The molecule has 0 saturated heterocycles. The second kappa shape index (κ2) is 5.46. The van der Waals surface area contributed by atoms with Gasteiger partial charge < -0.3 is 0 Å². The van der Waals surface area contributed by atoms with Crippen molar-refractivity contribution in [2.75, 3.05) is 0 Å². The normalized spacial score (nSPS) is 13.7. The number of halogens is 10. The Morgan fingerprint density at radius 2 is 1.30 bits per heavy atom. The molecule has 0 saturated carbocycles. The standard InChI is InChI=1S/C9H2F9IS/c10-7(11,12)4-1-3(19)2-5(20-9(16,17)18)6(4)8(13,14)15/h1-2H. The van der Waals surface area contributed by atoms with Gasteiger partial charge in [-0.15, -0.1) is 0 Å². The molecular formula is C9H2F9IS. The monoisotopic (exact) mass is 440 g/mol. The van der Waals surface area contributed by atoms with Crippen LogP contribution in [-0.4, -0.2) is 5.51 Å². The van der Waals surface area contributed by atoms with Gasteiger partial charge in [-0.25, -0.2) is 0 Å². The quantitative estimate of drug-likeness (QED) is 0.296. The highest BCUT2D eigenvalue weighted by atomic mass is 127. The molecule has 0 spiro atoms. The maximum atomic E-state index is 12.7. The van der Waals surface area contributed by atoms with Crippen molar-refractivity contribution in [1.29, 1.82) is 0 Å². The molecule has 0 N–H and O–H groups in total. The largest absolute Gasteiger partial charge is 0.446 e. The lowest BCUT2D eigenvalue weighted by molar-refractivity contribution is -0.163. The van der Waals surface area contributed by atoms with Crippen molar-refractivity contribution in [3.8, 4) is 0 Å². The highest BCUT2D eigenvalue weighted by Crippen LogP contribution is 2.49. The van der Waals surface area contributed by atoms with Gasteiger partial charge in [-0.1, -0.05) is 0 Å². The molecule has 1 aromatic carbocycles. The Hall–Kier alpha value is -0.330. The fourth-order valence-electron chi connectivity index (χ4n) is 1.30. The fourth-order valence-corrected chi connectivity index (χ4v) is 2.90. The van der Waals surface area contributed by atoms with Crippen molar-refractivity contribution < 1.29 is 39.5 Å². The molecule has 0 aromatic heterocycles. The molecule has 1 aromatic rings. The molecule has 1 rings (SSSR count).